The number of nitriles is 1. The Bertz CT molecular complexity index is 1620. The van der Waals surface area contributed by atoms with E-state index in [0.717, 1.165) is 28.6 Å². The van der Waals surface area contributed by atoms with Gasteiger partial charge in [0.05, 0.1) is 22.3 Å². The summed E-state index contributed by atoms with van der Waals surface area (Å²) in [5.74, 6) is -0.403. The van der Waals surface area contributed by atoms with Crippen molar-refractivity contribution in [1.29, 1.82) is 5.26 Å². The molecular weight excluding hydrogens is 579 g/mol. The third-order valence-corrected chi connectivity index (χ3v) is 6.32. The van der Waals surface area contributed by atoms with Crippen LogP contribution < -0.4 is 21.5 Å². The molecule has 0 spiro atoms. The van der Waals surface area contributed by atoms with Crippen molar-refractivity contribution in [3.8, 4) is 23.4 Å². The van der Waals surface area contributed by atoms with Crippen LogP contribution in [0.5, 0.6) is 11.6 Å². The van der Waals surface area contributed by atoms with Crippen LogP contribution in [0.2, 0.25) is 10.0 Å². The predicted molar refractivity (Wildman–Crippen MR) is 149 cm³/mol. The average molecular weight is 607 g/mol. The maximum atomic E-state index is 13.1. The zero-order valence-corrected chi connectivity index (χ0v) is 24.3. The summed E-state index contributed by atoms with van der Waals surface area (Å²) in [7, 11) is 0. The average Bonchev–Trinajstić information content (AvgIpc) is 2.91. The van der Waals surface area contributed by atoms with Gasteiger partial charge in [0.2, 0.25) is 11.6 Å². The number of rotatable bonds is 11. The molecule has 15 heteroatoms. The van der Waals surface area contributed by atoms with Crippen LogP contribution in [0.1, 0.15) is 76.8 Å². The normalized spacial score (nSPS) is 11.7. The number of benzene rings is 1. The van der Waals surface area contributed by atoms with E-state index in [4.69, 9.17) is 42.7 Å². The van der Waals surface area contributed by atoms with Gasteiger partial charge < -0.3 is 14.2 Å². The molecular formula is C26H28Cl2N6O7. The first-order valence-corrected chi connectivity index (χ1v) is 13.5. The fourth-order valence-electron chi connectivity index (χ4n) is 3.64. The van der Waals surface area contributed by atoms with Gasteiger partial charge in [-0.25, -0.2) is 9.59 Å². The maximum Gasteiger partial charge on any atom is 0.510 e. The lowest BCUT2D eigenvalue weighted by molar-refractivity contribution is -0.00414. The van der Waals surface area contributed by atoms with E-state index in [2.05, 4.69) is 17.1 Å². The van der Waals surface area contributed by atoms with Gasteiger partial charge in [-0.05, 0) is 31.4 Å². The fraction of sp³-hybridized carbons (Fsp3) is 0.423. The monoisotopic (exact) mass is 606 g/mol. The number of aromatic nitrogens is 5. The van der Waals surface area contributed by atoms with Crippen LogP contribution in [0.4, 0.5) is 4.79 Å². The largest absolute Gasteiger partial charge is 0.510 e. The lowest BCUT2D eigenvalue weighted by Crippen LogP contribution is -2.33. The van der Waals surface area contributed by atoms with Gasteiger partial charge >= 0.3 is 11.8 Å². The first kappa shape index (κ1) is 31.4. The van der Waals surface area contributed by atoms with Gasteiger partial charge in [-0.15, -0.1) is 10.2 Å². The fourth-order valence-corrected chi connectivity index (χ4v) is 4.20. The molecule has 1 atom stereocenters. The first-order valence-electron chi connectivity index (χ1n) is 12.7. The molecule has 0 aliphatic rings. The molecule has 218 valence electrons. The Balaban J connectivity index is 1.91. The number of carbonyl (C=O) groups excluding carboxylic acids is 1. The molecule has 0 amide bonds. The van der Waals surface area contributed by atoms with Crippen molar-refractivity contribution in [3.05, 3.63) is 70.7 Å². The van der Waals surface area contributed by atoms with Gasteiger partial charge in [-0.2, -0.15) is 14.6 Å². The number of ether oxygens (including phenoxy) is 3. The first-order chi connectivity index (χ1) is 19.5. The van der Waals surface area contributed by atoms with E-state index in [1.807, 2.05) is 4.98 Å². The summed E-state index contributed by atoms with van der Waals surface area (Å²) in [4.78, 5) is 51.2. The summed E-state index contributed by atoms with van der Waals surface area (Å²) < 4.78 is 17.9. The molecule has 0 saturated carbocycles. The number of aromatic amines is 1. The smallest absolute Gasteiger partial charge is 0.434 e. The summed E-state index contributed by atoms with van der Waals surface area (Å²) in [6.45, 7) is 7.31. The molecule has 1 unspecified atom stereocenters. The Hall–Kier alpha value is -4.15. The Labute approximate surface area is 244 Å². The van der Waals surface area contributed by atoms with Crippen molar-refractivity contribution in [1.82, 2.24) is 24.5 Å². The van der Waals surface area contributed by atoms with Gasteiger partial charge in [0.1, 0.15) is 6.07 Å². The third kappa shape index (κ3) is 7.74. The molecule has 0 bridgehead atoms. The van der Waals surface area contributed by atoms with Gasteiger partial charge in [0.25, 0.3) is 11.1 Å². The van der Waals surface area contributed by atoms with Gasteiger partial charge in [0, 0.05) is 11.6 Å². The number of H-pyrrole nitrogens is 1. The number of nitrogens with zero attached hydrogens (tertiary/aromatic N) is 5. The van der Waals surface area contributed by atoms with Crippen LogP contribution in [0, 0.1) is 11.3 Å². The Morgan fingerprint density at radius 3 is 2.37 bits per heavy atom. The van der Waals surface area contributed by atoms with Crippen LogP contribution in [0.3, 0.4) is 0 Å². The van der Waals surface area contributed by atoms with Crippen LogP contribution >= 0.6 is 23.2 Å². The predicted octanol–water partition coefficient (Wildman–Crippen LogP) is 4.82. The minimum Gasteiger partial charge on any atom is -0.434 e. The molecule has 13 nitrogen and oxygen atoms in total. The van der Waals surface area contributed by atoms with E-state index < -0.39 is 34.9 Å². The van der Waals surface area contributed by atoms with E-state index in [0.29, 0.717) is 12.0 Å². The molecule has 3 aromatic rings. The zero-order chi connectivity index (χ0) is 30.3. The number of halogens is 2. The SMILES string of the molecule is CCCCCCOC(=O)OC(C)n1nc(Oc2c(Cl)cc(-n3nc(C#N)c(=O)[nH]c3=O)cc2Cl)cc(C(C)C)c1=O. The van der Waals surface area contributed by atoms with Gasteiger partial charge in [-0.1, -0.05) is 63.2 Å². The van der Waals surface area contributed by atoms with Crippen LogP contribution in [0.15, 0.2) is 32.6 Å². The van der Waals surface area contributed by atoms with Crippen molar-refractivity contribution in [3.63, 3.8) is 0 Å². The summed E-state index contributed by atoms with van der Waals surface area (Å²) in [5, 5.41) is 16.8. The molecule has 1 aromatic carbocycles. The second-order valence-corrected chi connectivity index (χ2v) is 10.0. The van der Waals surface area contributed by atoms with E-state index in [1.165, 1.54) is 25.1 Å². The zero-order valence-electron chi connectivity index (χ0n) is 22.8. The van der Waals surface area contributed by atoms with E-state index in [1.54, 1.807) is 19.9 Å². The molecule has 0 saturated heterocycles. The molecule has 3 rings (SSSR count). The molecule has 0 aliphatic heterocycles. The maximum absolute atomic E-state index is 13.1. The quantitative estimate of drug-likeness (QED) is 0.235. The minimum atomic E-state index is -1.13. The van der Waals surface area contributed by atoms with Crippen molar-refractivity contribution < 1.29 is 19.0 Å². The molecule has 1 N–H and O–H groups in total. The lowest BCUT2D eigenvalue weighted by Gasteiger charge is -2.18. The highest BCUT2D eigenvalue weighted by molar-refractivity contribution is 6.37. The summed E-state index contributed by atoms with van der Waals surface area (Å²) in [6, 6.07) is 5.55. The lowest BCUT2D eigenvalue weighted by atomic mass is 10.1. The summed E-state index contributed by atoms with van der Waals surface area (Å²) in [6.07, 6.45) is 1.62. The Morgan fingerprint density at radius 1 is 1.07 bits per heavy atom. The number of unbranched alkanes of at least 4 members (excludes halogenated alkanes) is 3. The van der Waals surface area contributed by atoms with Crippen LogP contribution in [-0.4, -0.2) is 37.3 Å². The third-order valence-electron chi connectivity index (χ3n) is 5.76. The van der Waals surface area contributed by atoms with Gasteiger partial charge in [-0.3, -0.25) is 14.6 Å². The number of hydrogen-bond acceptors (Lipinski definition) is 10. The van der Waals surface area contributed by atoms with E-state index in [-0.39, 0.29) is 39.9 Å². The topological polar surface area (TPSA) is 171 Å². The molecule has 2 aromatic heterocycles. The second kappa shape index (κ2) is 14.0. The van der Waals surface area contributed by atoms with E-state index >= 15 is 0 Å². The molecule has 41 heavy (non-hydrogen) atoms. The van der Waals surface area contributed by atoms with Gasteiger partial charge in [0.15, 0.2) is 12.0 Å². The molecule has 2 heterocycles. The number of nitrogens with one attached hydrogen (secondary N) is 1. The van der Waals surface area contributed by atoms with Crippen molar-refractivity contribution in [2.45, 2.75) is 65.5 Å². The summed E-state index contributed by atoms with van der Waals surface area (Å²) in [5.41, 5.74) is -2.54. The van der Waals surface area contributed by atoms with Crippen LogP contribution in [-0.2, 0) is 9.47 Å². The molecule has 0 radical (unpaired) electrons. The van der Waals surface area contributed by atoms with Crippen molar-refractivity contribution >= 4 is 29.4 Å². The Morgan fingerprint density at radius 2 is 1.76 bits per heavy atom. The number of carbonyl (C=O) groups is 1. The van der Waals surface area contributed by atoms with E-state index in [9.17, 15) is 19.2 Å². The summed E-state index contributed by atoms with van der Waals surface area (Å²) >= 11 is 12.8. The highest BCUT2D eigenvalue weighted by Crippen LogP contribution is 2.38. The van der Waals surface area contributed by atoms with Crippen LogP contribution in [0.25, 0.3) is 5.69 Å². The Kier molecular flexibility index (Phi) is 10.7. The minimum absolute atomic E-state index is 0.0427. The molecule has 0 fully saturated rings. The highest BCUT2D eigenvalue weighted by atomic mass is 35.5. The molecule has 0 aliphatic carbocycles. The standard InChI is InChI=1S/C26H28Cl2N6O7/c1-5-6-7-8-9-39-26(38)40-15(4)33-24(36)17(14(2)3)12-21(32-33)41-22-18(27)10-16(11-19(22)28)34-25(37)30-23(35)20(13-29)31-34/h10-12,14-15H,5-9H2,1-4H3,(H,30,35,37). The highest BCUT2D eigenvalue weighted by Gasteiger charge is 2.22. The number of hydrogen-bond donors (Lipinski definition) is 1. The van der Waals surface area contributed by atoms with Crippen molar-refractivity contribution in [2.75, 3.05) is 6.61 Å². The van der Waals surface area contributed by atoms with Crippen molar-refractivity contribution in [2.24, 2.45) is 0 Å². The second-order valence-electron chi connectivity index (χ2n) is 9.19.